The highest BCUT2D eigenvalue weighted by atomic mass is 32.1. The first-order valence-corrected chi connectivity index (χ1v) is 7.78. The SMILES string of the molecule is O=C1N=C2C=CC=CC2/C1=N\NC(=S)NCc1ccc([N+](=O)[O-])cc1. The van der Waals surface area contributed by atoms with E-state index in [0.29, 0.717) is 12.3 Å². The molecule has 25 heavy (non-hydrogen) atoms. The number of allylic oxidation sites excluding steroid dienone is 4. The number of carbonyl (C=O) groups is 1. The number of rotatable bonds is 4. The average molecular weight is 355 g/mol. The minimum absolute atomic E-state index is 0.0287. The summed E-state index contributed by atoms with van der Waals surface area (Å²) in [5, 5.41) is 17.8. The molecule has 1 amide bonds. The Balaban J connectivity index is 1.55. The number of carbonyl (C=O) groups excluding carboxylic acids is 1. The van der Waals surface area contributed by atoms with Gasteiger partial charge in [0.1, 0.15) is 5.71 Å². The van der Waals surface area contributed by atoms with Crippen molar-refractivity contribution in [3.05, 3.63) is 64.2 Å². The third-order valence-corrected chi connectivity index (χ3v) is 3.86. The van der Waals surface area contributed by atoms with Crippen LogP contribution in [0.2, 0.25) is 0 Å². The van der Waals surface area contributed by atoms with E-state index in [2.05, 4.69) is 20.8 Å². The Morgan fingerprint density at radius 1 is 1.32 bits per heavy atom. The van der Waals surface area contributed by atoms with E-state index in [1.54, 1.807) is 18.2 Å². The van der Waals surface area contributed by atoms with Gasteiger partial charge in [-0.1, -0.05) is 30.4 Å². The summed E-state index contributed by atoms with van der Waals surface area (Å²) in [5.74, 6) is -0.635. The summed E-state index contributed by atoms with van der Waals surface area (Å²) < 4.78 is 0. The monoisotopic (exact) mass is 355 g/mol. The predicted molar refractivity (Wildman–Crippen MR) is 97.3 cm³/mol. The van der Waals surface area contributed by atoms with E-state index in [1.807, 2.05) is 18.2 Å². The molecular formula is C16H13N5O3S. The average Bonchev–Trinajstić information content (AvgIpc) is 2.93. The lowest BCUT2D eigenvalue weighted by Crippen LogP contribution is -2.33. The lowest BCUT2D eigenvalue weighted by Gasteiger charge is -2.10. The van der Waals surface area contributed by atoms with E-state index in [1.165, 1.54) is 12.1 Å². The molecule has 0 saturated heterocycles. The third-order valence-electron chi connectivity index (χ3n) is 3.62. The zero-order valence-corrected chi connectivity index (χ0v) is 13.7. The molecule has 0 fully saturated rings. The van der Waals surface area contributed by atoms with Gasteiger partial charge in [0, 0.05) is 18.7 Å². The number of nitrogens with one attached hydrogen (secondary N) is 2. The number of hydrogen-bond acceptors (Lipinski definition) is 5. The fourth-order valence-electron chi connectivity index (χ4n) is 2.36. The van der Waals surface area contributed by atoms with Crippen molar-refractivity contribution in [2.24, 2.45) is 16.0 Å². The Morgan fingerprint density at radius 3 is 2.80 bits per heavy atom. The van der Waals surface area contributed by atoms with Crippen molar-refractivity contribution in [1.29, 1.82) is 0 Å². The number of benzene rings is 1. The van der Waals surface area contributed by atoms with Gasteiger partial charge in [-0.05, 0) is 23.9 Å². The number of hydrazone groups is 1. The Hall–Kier alpha value is -3.20. The summed E-state index contributed by atoms with van der Waals surface area (Å²) in [4.78, 5) is 26.0. The molecule has 0 radical (unpaired) electrons. The number of fused-ring (bicyclic) bond motifs is 1. The van der Waals surface area contributed by atoms with Crippen LogP contribution in [0, 0.1) is 16.0 Å². The van der Waals surface area contributed by atoms with Crippen LogP contribution < -0.4 is 10.7 Å². The van der Waals surface area contributed by atoms with Crippen LogP contribution in [0.5, 0.6) is 0 Å². The molecule has 3 rings (SSSR count). The van der Waals surface area contributed by atoms with E-state index in [-0.39, 0.29) is 28.3 Å². The molecule has 126 valence electrons. The summed E-state index contributed by atoms with van der Waals surface area (Å²) in [6.07, 6.45) is 7.27. The van der Waals surface area contributed by atoms with Gasteiger partial charge < -0.3 is 5.32 Å². The molecule has 1 unspecified atom stereocenters. The van der Waals surface area contributed by atoms with Crippen LogP contribution in [0.3, 0.4) is 0 Å². The van der Waals surface area contributed by atoms with E-state index in [4.69, 9.17) is 12.2 Å². The minimum atomic E-state index is -0.455. The van der Waals surface area contributed by atoms with Gasteiger partial charge in [0.25, 0.3) is 11.6 Å². The summed E-state index contributed by atoms with van der Waals surface area (Å²) in [6, 6.07) is 6.12. The number of hydrogen-bond donors (Lipinski definition) is 2. The van der Waals surface area contributed by atoms with Crippen LogP contribution in [-0.4, -0.2) is 27.4 Å². The van der Waals surface area contributed by atoms with Gasteiger partial charge in [0.15, 0.2) is 5.11 Å². The molecule has 0 aromatic heterocycles. The van der Waals surface area contributed by atoms with Crippen molar-refractivity contribution in [3.8, 4) is 0 Å². The number of nitrogens with zero attached hydrogens (tertiary/aromatic N) is 3. The predicted octanol–water partition coefficient (Wildman–Crippen LogP) is 1.64. The number of nitro groups is 1. The van der Waals surface area contributed by atoms with Crippen molar-refractivity contribution >= 4 is 40.3 Å². The molecule has 1 aliphatic carbocycles. The number of thiocarbonyl (C=S) groups is 1. The quantitative estimate of drug-likeness (QED) is 0.483. The van der Waals surface area contributed by atoms with Gasteiger partial charge >= 0.3 is 0 Å². The maximum Gasteiger partial charge on any atom is 0.294 e. The molecule has 2 aliphatic rings. The first-order chi connectivity index (χ1) is 12.0. The molecule has 2 N–H and O–H groups in total. The number of nitro benzene ring substituents is 1. The Kier molecular flexibility index (Phi) is 4.75. The van der Waals surface area contributed by atoms with Crippen molar-refractivity contribution in [2.45, 2.75) is 6.54 Å². The second kappa shape index (κ2) is 7.14. The maximum atomic E-state index is 11.9. The second-order valence-corrected chi connectivity index (χ2v) is 5.69. The molecular weight excluding hydrogens is 342 g/mol. The van der Waals surface area contributed by atoms with Crippen molar-refractivity contribution in [3.63, 3.8) is 0 Å². The van der Waals surface area contributed by atoms with Gasteiger partial charge in [0.05, 0.1) is 16.6 Å². The van der Waals surface area contributed by atoms with Gasteiger partial charge in [-0.3, -0.25) is 20.3 Å². The van der Waals surface area contributed by atoms with Gasteiger partial charge in [0.2, 0.25) is 0 Å². The zero-order chi connectivity index (χ0) is 17.8. The largest absolute Gasteiger partial charge is 0.357 e. The van der Waals surface area contributed by atoms with Gasteiger partial charge in [-0.25, -0.2) is 4.99 Å². The van der Waals surface area contributed by atoms with Gasteiger partial charge in [-0.15, -0.1) is 0 Å². The highest BCUT2D eigenvalue weighted by Crippen LogP contribution is 2.18. The normalized spacial score (nSPS) is 19.5. The van der Waals surface area contributed by atoms with Crippen LogP contribution in [0.1, 0.15) is 5.56 Å². The molecule has 0 bridgehead atoms. The van der Waals surface area contributed by atoms with Crippen molar-refractivity contribution < 1.29 is 9.72 Å². The number of non-ortho nitro benzene ring substituents is 1. The summed E-state index contributed by atoms with van der Waals surface area (Å²) in [5.41, 5.74) is 4.44. The highest BCUT2D eigenvalue weighted by Gasteiger charge is 2.32. The molecule has 0 spiro atoms. The summed E-state index contributed by atoms with van der Waals surface area (Å²) in [7, 11) is 0. The molecule has 9 heteroatoms. The molecule has 1 aromatic rings. The van der Waals surface area contributed by atoms with Crippen molar-refractivity contribution in [2.75, 3.05) is 0 Å². The minimum Gasteiger partial charge on any atom is -0.357 e. The first-order valence-electron chi connectivity index (χ1n) is 7.37. The molecule has 1 heterocycles. The fraction of sp³-hybridized carbons (Fsp3) is 0.125. The molecule has 1 aliphatic heterocycles. The number of amides is 1. The Labute approximate surface area is 148 Å². The summed E-state index contributed by atoms with van der Waals surface area (Å²) in [6.45, 7) is 0.371. The summed E-state index contributed by atoms with van der Waals surface area (Å²) >= 11 is 5.12. The van der Waals surface area contributed by atoms with E-state index < -0.39 is 4.92 Å². The lowest BCUT2D eigenvalue weighted by atomic mass is 9.96. The standard InChI is InChI=1S/C16H13N5O3S/c22-15-14(12-3-1-2-4-13(12)18-15)19-20-16(25)17-9-10-5-7-11(8-6-10)21(23)24/h1-8,12H,9H2,(H2,17,20,25)/b19-14+. The molecule has 1 aromatic carbocycles. The smallest absolute Gasteiger partial charge is 0.294 e. The van der Waals surface area contributed by atoms with Crippen molar-refractivity contribution in [1.82, 2.24) is 10.7 Å². The molecule has 8 nitrogen and oxygen atoms in total. The lowest BCUT2D eigenvalue weighted by molar-refractivity contribution is -0.384. The zero-order valence-electron chi connectivity index (χ0n) is 12.9. The third kappa shape index (κ3) is 3.83. The molecule has 1 atom stereocenters. The van der Waals surface area contributed by atoms with E-state index >= 15 is 0 Å². The maximum absolute atomic E-state index is 11.9. The Bertz CT molecular complexity index is 855. The van der Waals surface area contributed by atoms with Crippen LogP contribution >= 0.6 is 12.2 Å². The molecule has 0 saturated carbocycles. The topological polar surface area (TPSA) is 109 Å². The van der Waals surface area contributed by atoms with Crippen LogP contribution in [0.4, 0.5) is 5.69 Å². The van der Waals surface area contributed by atoms with Crippen LogP contribution in [-0.2, 0) is 11.3 Å². The number of aliphatic imine (C=N–C) groups is 1. The second-order valence-electron chi connectivity index (χ2n) is 5.28. The highest BCUT2D eigenvalue weighted by molar-refractivity contribution is 7.80. The first kappa shape index (κ1) is 16.7. The van der Waals surface area contributed by atoms with Gasteiger partial charge in [-0.2, -0.15) is 5.10 Å². The van der Waals surface area contributed by atoms with E-state index in [0.717, 1.165) is 5.56 Å². The fourth-order valence-corrected chi connectivity index (χ4v) is 2.48. The van der Waals surface area contributed by atoms with Crippen LogP contribution in [0.25, 0.3) is 0 Å². The van der Waals surface area contributed by atoms with E-state index in [9.17, 15) is 14.9 Å². The van der Waals surface area contributed by atoms with Crippen LogP contribution in [0.15, 0.2) is 58.7 Å². The Morgan fingerprint density at radius 2 is 2.08 bits per heavy atom.